The number of hydrogen-bond donors (Lipinski definition) is 1. The molecule has 3 nitrogen and oxygen atoms in total. The van der Waals surface area contributed by atoms with E-state index in [4.69, 9.17) is 0 Å². The normalized spacial score (nSPS) is 10.2. The van der Waals surface area contributed by atoms with Gasteiger partial charge in [0.2, 0.25) is 0 Å². The zero-order valence-electron chi connectivity index (χ0n) is 15.8. The molecule has 0 aliphatic rings. The SMILES string of the molecule is O=C(O)c1ccc(-c2ccc(F)cc2)cc1C#Cc1ccc(-c2ccncc2)cc1. The number of aromatic carboxylic acids is 1. The first kappa shape index (κ1) is 19.1. The summed E-state index contributed by atoms with van der Waals surface area (Å²) in [5.41, 5.74) is 4.98. The summed E-state index contributed by atoms with van der Waals surface area (Å²) in [4.78, 5) is 15.6. The van der Waals surface area contributed by atoms with E-state index in [0.717, 1.165) is 27.8 Å². The van der Waals surface area contributed by atoms with E-state index < -0.39 is 5.97 Å². The van der Waals surface area contributed by atoms with Crippen LogP contribution in [0, 0.1) is 17.7 Å². The van der Waals surface area contributed by atoms with Crippen LogP contribution < -0.4 is 0 Å². The monoisotopic (exact) mass is 393 g/mol. The van der Waals surface area contributed by atoms with Crippen molar-refractivity contribution >= 4 is 5.97 Å². The first-order chi connectivity index (χ1) is 14.6. The Bertz CT molecular complexity index is 1250. The fraction of sp³-hybridized carbons (Fsp3) is 0. The zero-order chi connectivity index (χ0) is 20.9. The molecule has 0 unspecified atom stereocenters. The Morgan fingerprint density at radius 2 is 1.30 bits per heavy atom. The van der Waals surface area contributed by atoms with Crippen LogP contribution in [0.25, 0.3) is 22.3 Å². The molecule has 0 fully saturated rings. The first-order valence-corrected chi connectivity index (χ1v) is 9.26. The van der Waals surface area contributed by atoms with Gasteiger partial charge in [0.15, 0.2) is 0 Å². The molecular weight excluding hydrogens is 377 g/mol. The van der Waals surface area contributed by atoms with Crippen molar-refractivity contribution in [3.63, 3.8) is 0 Å². The molecule has 0 amide bonds. The largest absolute Gasteiger partial charge is 0.478 e. The third-order valence-corrected chi connectivity index (χ3v) is 4.67. The quantitative estimate of drug-likeness (QED) is 0.458. The highest BCUT2D eigenvalue weighted by atomic mass is 19.1. The van der Waals surface area contributed by atoms with E-state index in [1.165, 1.54) is 18.2 Å². The lowest BCUT2D eigenvalue weighted by Crippen LogP contribution is -2.00. The summed E-state index contributed by atoms with van der Waals surface area (Å²) in [6, 6.07) is 22.6. The number of aromatic nitrogens is 1. The third-order valence-electron chi connectivity index (χ3n) is 4.67. The molecule has 0 radical (unpaired) electrons. The van der Waals surface area contributed by atoms with Gasteiger partial charge >= 0.3 is 5.97 Å². The van der Waals surface area contributed by atoms with Gasteiger partial charge in [0.05, 0.1) is 5.56 Å². The number of pyridine rings is 1. The van der Waals surface area contributed by atoms with E-state index in [1.54, 1.807) is 36.7 Å². The number of carboxylic acid groups (broad SMARTS) is 1. The fourth-order valence-corrected chi connectivity index (χ4v) is 3.09. The number of halogens is 1. The zero-order valence-corrected chi connectivity index (χ0v) is 15.8. The predicted octanol–water partition coefficient (Wildman–Crippen LogP) is 5.65. The van der Waals surface area contributed by atoms with Gasteiger partial charge in [-0.2, -0.15) is 0 Å². The molecule has 0 saturated carbocycles. The van der Waals surface area contributed by atoms with Gasteiger partial charge in [-0.1, -0.05) is 42.2 Å². The molecule has 144 valence electrons. The smallest absolute Gasteiger partial charge is 0.336 e. The van der Waals surface area contributed by atoms with E-state index in [-0.39, 0.29) is 11.4 Å². The van der Waals surface area contributed by atoms with Crippen molar-refractivity contribution in [3.05, 3.63) is 114 Å². The van der Waals surface area contributed by atoms with Gasteiger partial charge in [0.25, 0.3) is 0 Å². The van der Waals surface area contributed by atoms with Crippen molar-refractivity contribution in [1.29, 1.82) is 0 Å². The van der Waals surface area contributed by atoms with Crippen LogP contribution in [0.4, 0.5) is 4.39 Å². The second-order valence-electron chi connectivity index (χ2n) is 6.64. The lowest BCUT2D eigenvalue weighted by molar-refractivity contribution is 0.0696. The number of nitrogens with zero attached hydrogens (tertiary/aromatic N) is 1. The topological polar surface area (TPSA) is 50.2 Å². The van der Waals surface area contributed by atoms with Gasteiger partial charge in [-0.05, 0) is 70.8 Å². The summed E-state index contributed by atoms with van der Waals surface area (Å²) in [7, 11) is 0. The van der Waals surface area contributed by atoms with Crippen LogP contribution in [0.3, 0.4) is 0 Å². The van der Waals surface area contributed by atoms with E-state index in [1.807, 2.05) is 36.4 Å². The summed E-state index contributed by atoms with van der Waals surface area (Å²) in [5, 5.41) is 9.50. The van der Waals surface area contributed by atoms with Gasteiger partial charge < -0.3 is 5.11 Å². The highest BCUT2D eigenvalue weighted by Crippen LogP contribution is 2.23. The second-order valence-corrected chi connectivity index (χ2v) is 6.64. The Hall–Kier alpha value is -4.23. The van der Waals surface area contributed by atoms with Crippen LogP contribution in [0.15, 0.2) is 91.3 Å². The molecule has 4 heteroatoms. The number of carboxylic acids is 1. The average molecular weight is 393 g/mol. The third kappa shape index (κ3) is 4.26. The number of carbonyl (C=O) groups is 1. The van der Waals surface area contributed by atoms with Crippen molar-refractivity contribution < 1.29 is 14.3 Å². The first-order valence-electron chi connectivity index (χ1n) is 9.26. The highest BCUT2D eigenvalue weighted by Gasteiger charge is 2.10. The van der Waals surface area contributed by atoms with Crippen molar-refractivity contribution in [1.82, 2.24) is 4.98 Å². The summed E-state index contributed by atoms with van der Waals surface area (Å²) >= 11 is 0. The maximum atomic E-state index is 13.2. The van der Waals surface area contributed by atoms with Crippen LogP contribution in [0.2, 0.25) is 0 Å². The van der Waals surface area contributed by atoms with E-state index in [0.29, 0.717) is 5.56 Å². The Morgan fingerprint density at radius 3 is 1.97 bits per heavy atom. The maximum Gasteiger partial charge on any atom is 0.336 e. The summed E-state index contributed by atoms with van der Waals surface area (Å²) < 4.78 is 13.2. The molecule has 0 aliphatic carbocycles. The highest BCUT2D eigenvalue weighted by molar-refractivity contribution is 5.92. The minimum Gasteiger partial charge on any atom is -0.478 e. The summed E-state index contributed by atoms with van der Waals surface area (Å²) in [5.74, 6) is 4.65. The number of rotatable bonds is 3. The molecule has 4 rings (SSSR count). The Kier molecular flexibility index (Phi) is 5.36. The lowest BCUT2D eigenvalue weighted by atomic mass is 9.99. The van der Waals surface area contributed by atoms with Gasteiger partial charge in [-0.3, -0.25) is 4.98 Å². The molecule has 1 heterocycles. The van der Waals surface area contributed by atoms with Gasteiger partial charge in [-0.15, -0.1) is 0 Å². The molecule has 0 spiro atoms. The van der Waals surface area contributed by atoms with E-state index in [9.17, 15) is 14.3 Å². The van der Waals surface area contributed by atoms with Gasteiger partial charge in [0.1, 0.15) is 5.82 Å². The molecule has 0 atom stereocenters. The number of hydrogen-bond acceptors (Lipinski definition) is 2. The summed E-state index contributed by atoms with van der Waals surface area (Å²) in [6.45, 7) is 0. The van der Waals surface area contributed by atoms with Crippen molar-refractivity contribution in [2.24, 2.45) is 0 Å². The fourth-order valence-electron chi connectivity index (χ4n) is 3.09. The van der Waals surface area contributed by atoms with Crippen molar-refractivity contribution in [2.75, 3.05) is 0 Å². The maximum absolute atomic E-state index is 13.2. The molecule has 4 aromatic rings. The predicted molar refractivity (Wildman–Crippen MR) is 114 cm³/mol. The molecule has 3 aromatic carbocycles. The molecular formula is C26H16FNO2. The standard InChI is InChI=1S/C26H16FNO2/c27-24-10-7-20(8-11-24)22-9-12-25(26(29)30)23(17-22)6-3-18-1-4-19(5-2-18)21-13-15-28-16-14-21/h1-2,4-5,7-17H,(H,29,30). The minimum absolute atomic E-state index is 0.127. The van der Waals surface area contributed by atoms with Crippen LogP contribution in [0.1, 0.15) is 21.5 Å². The minimum atomic E-state index is -1.04. The molecule has 1 aromatic heterocycles. The van der Waals surface area contributed by atoms with Gasteiger partial charge in [0, 0.05) is 23.5 Å². The molecule has 0 aliphatic heterocycles. The average Bonchev–Trinajstić information content (AvgIpc) is 2.79. The molecule has 0 saturated heterocycles. The van der Waals surface area contributed by atoms with Gasteiger partial charge in [-0.25, -0.2) is 9.18 Å². The summed E-state index contributed by atoms with van der Waals surface area (Å²) in [6.07, 6.45) is 3.48. The Labute approximate surface area is 173 Å². The van der Waals surface area contributed by atoms with E-state index in [2.05, 4.69) is 16.8 Å². The van der Waals surface area contributed by atoms with Crippen LogP contribution in [0.5, 0.6) is 0 Å². The van der Waals surface area contributed by atoms with Crippen molar-refractivity contribution in [3.8, 4) is 34.1 Å². The van der Waals surface area contributed by atoms with Crippen LogP contribution in [-0.2, 0) is 0 Å². The van der Waals surface area contributed by atoms with Crippen molar-refractivity contribution in [2.45, 2.75) is 0 Å². The molecule has 1 N–H and O–H groups in total. The Balaban J connectivity index is 1.67. The molecule has 30 heavy (non-hydrogen) atoms. The van der Waals surface area contributed by atoms with E-state index >= 15 is 0 Å². The van der Waals surface area contributed by atoms with Crippen LogP contribution >= 0.6 is 0 Å². The number of benzene rings is 3. The lowest BCUT2D eigenvalue weighted by Gasteiger charge is -2.05. The Morgan fingerprint density at radius 1 is 0.733 bits per heavy atom. The molecule has 0 bridgehead atoms. The second kappa shape index (κ2) is 8.42. The van der Waals surface area contributed by atoms with Crippen LogP contribution in [-0.4, -0.2) is 16.1 Å².